The van der Waals surface area contributed by atoms with Gasteiger partial charge in [-0.3, -0.25) is 0 Å². The molecule has 0 N–H and O–H groups in total. The molecule has 70 heavy (non-hydrogen) atoms. The van der Waals surface area contributed by atoms with Gasteiger partial charge in [-0.2, -0.15) is 0 Å². The van der Waals surface area contributed by atoms with Gasteiger partial charge < -0.3 is 9.64 Å². The van der Waals surface area contributed by atoms with Gasteiger partial charge in [-0.05, 0) is 140 Å². The monoisotopic (exact) mass is 909 g/mol. The van der Waals surface area contributed by atoms with E-state index in [9.17, 15) is 0 Å². The number of rotatable bonds is 5. The van der Waals surface area contributed by atoms with Crippen molar-refractivity contribution in [3.05, 3.63) is 293 Å². The number of anilines is 3. The number of aryl methyl sites for hydroxylation is 1. The fraction of sp³-hybridized carbons (Fsp3) is 0.0448. The fourth-order valence-corrected chi connectivity index (χ4v) is 14.0. The number of nitrogens with zero attached hydrogens (tertiary/aromatic N) is 1. The zero-order valence-corrected chi connectivity index (χ0v) is 39.2. The lowest BCUT2D eigenvalue weighted by molar-refractivity contribution is 0.436. The number of fused-ring (bicyclic) bond motifs is 17. The Morgan fingerprint density at radius 1 is 0.357 bits per heavy atom. The molecule has 2 nitrogen and oxygen atoms in total. The molecule has 1 spiro atoms. The summed E-state index contributed by atoms with van der Waals surface area (Å²) < 4.78 is 9.33. The number of ether oxygens (including phenoxy) is 1. The minimum absolute atomic E-state index is 0.539. The van der Waals surface area contributed by atoms with Gasteiger partial charge in [-0.1, -0.05) is 182 Å². The van der Waals surface area contributed by atoms with Crippen molar-refractivity contribution in [1.82, 2.24) is 0 Å². The van der Waals surface area contributed by atoms with Crippen LogP contribution in [0.5, 0.6) is 11.5 Å². The van der Waals surface area contributed by atoms with Crippen LogP contribution in [0.2, 0.25) is 0 Å². The molecule has 2 heterocycles. The van der Waals surface area contributed by atoms with Crippen LogP contribution >= 0.6 is 11.3 Å². The molecule has 328 valence electrons. The average molecular weight is 910 g/mol. The van der Waals surface area contributed by atoms with Gasteiger partial charge in [0.05, 0.1) is 10.8 Å². The zero-order chi connectivity index (χ0) is 46.1. The van der Waals surface area contributed by atoms with E-state index in [1.54, 1.807) is 0 Å². The molecule has 1 atom stereocenters. The first-order valence-corrected chi connectivity index (χ1v) is 25.0. The first kappa shape index (κ1) is 39.5. The third-order valence-electron chi connectivity index (χ3n) is 15.7. The largest absolute Gasteiger partial charge is 0.457 e. The summed E-state index contributed by atoms with van der Waals surface area (Å²) in [6.07, 6.45) is 0. The molecular formula is C67H43NOS. The molecular weight excluding hydrogens is 867 g/mol. The predicted octanol–water partition coefficient (Wildman–Crippen LogP) is 17.8. The first-order valence-electron chi connectivity index (χ1n) is 24.2. The van der Waals surface area contributed by atoms with Crippen molar-refractivity contribution < 1.29 is 4.74 Å². The summed E-state index contributed by atoms with van der Waals surface area (Å²) in [5.41, 5.74) is 18.5. The quantitative estimate of drug-likeness (QED) is 0.171. The molecule has 11 aromatic carbocycles. The van der Waals surface area contributed by atoms with Crippen LogP contribution in [0.15, 0.2) is 243 Å². The van der Waals surface area contributed by atoms with Crippen LogP contribution in [0.1, 0.15) is 50.1 Å². The Balaban J connectivity index is 0.978. The van der Waals surface area contributed by atoms with Gasteiger partial charge in [0.1, 0.15) is 11.5 Å². The molecule has 0 saturated heterocycles. The van der Waals surface area contributed by atoms with E-state index in [0.29, 0.717) is 0 Å². The van der Waals surface area contributed by atoms with Crippen molar-refractivity contribution in [3.63, 3.8) is 0 Å². The number of para-hydroxylation sites is 2. The van der Waals surface area contributed by atoms with E-state index in [1.807, 2.05) is 11.3 Å². The zero-order valence-electron chi connectivity index (χ0n) is 38.4. The molecule has 0 amide bonds. The van der Waals surface area contributed by atoms with Gasteiger partial charge in [0.2, 0.25) is 0 Å². The molecule has 0 radical (unpaired) electrons. The lowest BCUT2D eigenvalue weighted by atomic mass is 9.66. The second-order valence-corrected chi connectivity index (χ2v) is 20.2. The molecule has 3 aliphatic rings. The van der Waals surface area contributed by atoms with E-state index in [4.69, 9.17) is 4.74 Å². The number of thiophene rings is 1. The average Bonchev–Trinajstić information content (AvgIpc) is 4.04. The minimum atomic E-state index is -0.593. The maximum absolute atomic E-state index is 6.74. The van der Waals surface area contributed by atoms with E-state index < -0.39 is 10.8 Å². The van der Waals surface area contributed by atoms with Gasteiger partial charge in [0, 0.05) is 48.4 Å². The summed E-state index contributed by atoms with van der Waals surface area (Å²) in [5, 5.41) is 5.09. The normalized spacial score (nSPS) is 15.5. The van der Waals surface area contributed by atoms with Crippen molar-refractivity contribution in [1.29, 1.82) is 0 Å². The highest BCUT2D eigenvalue weighted by Gasteiger charge is 2.51. The Labute approximate surface area is 411 Å². The minimum Gasteiger partial charge on any atom is -0.457 e. The number of benzene rings is 11. The number of hydrogen-bond acceptors (Lipinski definition) is 3. The lowest BCUT2D eigenvalue weighted by Gasteiger charge is -2.39. The smallest absolute Gasteiger partial charge is 0.132 e. The molecule has 12 aromatic rings. The van der Waals surface area contributed by atoms with E-state index in [0.717, 1.165) is 39.7 Å². The summed E-state index contributed by atoms with van der Waals surface area (Å²) in [6, 6.07) is 90.6. The van der Waals surface area contributed by atoms with Crippen LogP contribution < -0.4 is 9.64 Å². The summed E-state index contributed by atoms with van der Waals surface area (Å²) in [4.78, 5) is 2.48. The van der Waals surface area contributed by atoms with E-state index in [2.05, 4.69) is 254 Å². The Morgan fingerprint density at radius 2 is 0.957 bits per heavy atom. The molecule has 0 bridgehead atoms. The highest BCUT2D eigenvalue weighted by molar-refractivity contribution is 7.25. The molecule has 1 unspecified atom stereocenters. The summed E-state index contributed by atoms with van der Waals surface area (Å²) in [7, 11) is 0. The van der Waals surface area contributed by atoms with Gasteiger partial charge in [-0.15, -0.1) is 11.3 Å². The molecule has 15 rings (SSSR count). The van der Waals surface area contributed by atoms with E-state index in [1.165, 1.54) is 92.1 Å². The van der Waals surface area contributed by atoms with Gasteiger partial charge in [0.25, 0.3) is 0 Å². The molecule has 3 heteroatoms. The van der Waals surface area contributed by atoms with Crippen molar-refractivity contribution in [2.75, 3.05) is 4.90 Å². The Bertz CT molecular complexity index is 4080. The summed E-state index contributed by atoms with van der Waals surface area (Å²) in [5.74, 6) is 1.78. The lowest BCUT2D eigenvalue weighted by Crippen LogP contribution is -2.32. The van der Waals surface area contributed by atoms with Crippen LogP contribution in [0.3, 0.4) is 0 Å². The summed E-state index contributed by atoms with van der Waals surface area (Å²) >= 11 is 1.87. The fourth-order valence-electron chi connectivity index (χ4n) is 12.8. The molecule has 1 aliphatic heterocycles. The SMILES string of the molecule is Cc1ccc2c(c1)sc1ccc(N(c3ccc(C4(c5ccccc5)c5ccccc5-c5c4ccc4ccccc54)cc3)c3ccc4c(c3)C3(c5ccccc5Oc5ccccc53)c3ccccc3-4)cc12. The van der Waals surface area contributed by atoms with Gasteiger partial charge >= 0.3 is 0 Å². The molecule has 0 saturated carbocycles. The van der Waals surface area contributed by atoms with Gasteiger partial charge in [-0.25, -0.2) is 0 Å². The standard InChI is InChI=1S/C67H43NOS/c1-42-27-35-52-54-40-47(34-38-63(54)70-64(52)39-42)68(48-33-36-51-50-19-7-9-21-55(50)67(60(51)41-48)57-23-11-13-25-61(57)69-62-26-14-12-24-58(62)67)46-31-29-45(30-32-46)66(44-16-3-2-4-17-44)56-22-10-8-20-53(56)65-49-18-6-5-15-43(49)28-37-59(65)66/h2-41H,1H3. The van der Waals surface area contributed by atoms with Crippen LogP contribution in [-0.4, -0.2) is 0 Å². The third-order valence-corrected chi connectivity index (χ3v) is 16.8. The van der Waals surface area contributed by atoms with Crippen molar-refractivity contribution in [3.8, 4) is 33.8 Å². The molecule has 2 aliphatic carbocycles. The van der Waals surface area contributed by atoms with E-state index in [-0.39, 0.29) is 0 Å². The van der Waals surface area contributed by atoms with Crippen molar-refractivity contribution in [2.45, 2.75) is 17.8 Å². The van der Waals surface area contributed by atoms with E-state index >= 15 is 0 Å². The van der Waals surface area contributed by atoms with Gasteiger partial charge in [0.15, 0.2) is 0 Å². The van der Waals surface area contributed by atoms with Crippen LogP contribution in [-0.2, 0) is 10.8 Å². The Morgan fingerprint density at radius 3 is 1.74 bits per heavy atom. The van der Waals surface area contributed by atoms with Crippen LogP contribution in [0, 0.1) is 6.92 Å². The highest BCUT2D eigenvalue weighted by atomic mass is 32.1. The topological polar surface area (TPSA) is 12.5 Å². The maximum Gasteiger partial charge on any atom is 0.132 e. The second-order valence-electron chi connectivity index (χ2n) is 19.2. The third kappa shape index (κ3) is 5.27. The Hall–Kier alpha value is -8.50. The van der Waals surface area contributed by atoms with Crippen molar-refractivity contribution in [2.24, 2.45) is 0 Å². The predicted molar refractivity (Wildman–Crippen MR) is 291 cm³/mol. The Kier molecular flexibility index (Phi) is 8.32. The molecule has 1 aromatic heterocycles. The number of hydrogen-bond donors (Lipinski definition) is 0. The van der Waals surface area contributed by atoms with Crippen LogP contribution in [0.4, 0.5) is 17.1 Å². The highest BCUT2D eigenvalue weighted by Crippen LogP contribution is 2.63. The molecule has 0 fully saturated rings. The second kappa shape index (κ2) is 14.8. The van der Waals surface area contributed by atoms with Crippen molar-refractivity contribution >= 4 is 59.3 Å². The summed E-state index contributed by atoms with van der Waals surface area (Å²) in [6.45, 7) is 2.18. The first-order chi connectivity index (χ1) is 34.6. The maximum atomic E-state index is 6.74. The van der Waals surface area contributed by atoms with Crippen LogP contribution in [0.25, 0.3) is 53.2 Å².